The molecule has 0 spiro atoms. The summed E-state index contributed by atoms with van der Waals surface area (Å²) in [7, 11) is 0. The Hall–Kier alpha value is -1.98. The zero-order valence-electron chi connectivity index (χ0n) is 11.7. The van der Waals surface area contributed by atoms with Crippen molar-refractivity contribution in [1.29, 1.82) is 0 Å². The zero-order valence-corrected chi connectivity index (χ0v) is 13.2. The van der Waals surface area contributed by atoms with Gasteiger partial charge in [0.25, 0.3) is 0 Å². The van der Waals surface area contributed by atoms with Gasteiger partial charge in [0.2, 0.25) is 12.7 Å². The molecule has 0 atom stereocenters. The quantitative estimate of drug-likeness (QED) is 0.851. The van der Waals surface area contributed by atoms with Crippen LogP contribution in [-0.2, 0) is 11.2 Å². The van der Waals surface area contributed by atoms with Gasteiger partial charge in [-0.3, -0.25) is 4.79 Å². The van der Waals surface area contributed by atoms with Crippen molar-refractivity contribution < 1.29 is 14.3 Å². The van der Waals surface area contributed by atoms with Gasteiger partial charge >= 0.3 is 0 Å². The molecule has 0 aliphatic carbocycles. The lowest BCUT2D eigenvalue weighted by atomic mass is 10.1. The van der Waals surface area contributed by atoms with Crippen LogP contribution >= 0.6 is 22.9 Å². The molecule has 1 aromatic heterocycles. The maximum absolute atomic E-state index is 11.7. The lowest BCUT2D eigenvalue weighted by Crippen LogP contribution is -2.23. The highest BCUT2D eigenvalue weighted by Gasteiger charge is 2.12. The highest BCUT2D eigenvalue weighted by molar-refractivity contribution is 7.17. The molecular weight excluding hydrogens is 322 g/mol. The number of rotatable bonds is 5. The first kappa shape index (κ1) is 14.9. The summed E-state index contributed by atoms with van der Waals surface area (Å²) < 4.78 is 11.3. The van der Waals surface area contributed by atoms with Crippen molar-refractivity contribution in [3.63, 3.8) is 0 Å². The third kappa shape index (κ3) is 3.81. The second kappa shape index (κ2) is 6.85. The van der Waals surface area contributed by atoms with Gasteiger partial charge in [-0.2, -0.15) is 0 Å². The number of thiophene rings is 1. The van der Waals surface area contributed by atoms with Gasteiger partial charge in [-0.05, 0) is 42.3 Å². The van der Waals surface area contributed by atoms with Crippen molar-refractivity contribution in [2.45, 2.75) is 6.42 Å². The van der Waals surface area contributed by atoms with E-state index in [4.69, 9.17) is 21.1 Å². The first-order valence-corrected chi connectivity index (χ1v) is 8.00. The largest absolute Gasteiger partial charge is 0.454 e. The van der Waals surface area contributed by atoms with Crippen molar-refractivity contribution >= 4 is 34.9 Å². The van der Waals surface area contributed by atoms with Gasteiger partial charge in [0, 0.05) is 17.5 Å². The molecule has 1 aliphatic rings. The summed E-state index contributed by atoms with van der Waals surface area (Å²) in [4.78, 5) is 12.7. The van der Waals surface area contributed by atoms with E-state index in [1.807, 2.05) is 30.3 Å². The van der Waals surface area contributed by atoms with Crippen molar-refractivity contribution in [1.82, 2.24) is 5.32 Å². The summed E-state index contributed by atoms with van der Waals surface area (Å²) >= 11 is 7.27. The first-order valence-electron chi connectivity index (χ1n) is 6.80. The SMILES string of the molecule is O=C(/C=C/c1ccc(Cl)s1)NCCc1ccc2c(c1)OCO2. The summed E-state index contributed by atoms with van der Waals surface area (Å²) in [5.74, 6) is 1.41. The highest BCUT2D eigenvalue weighted by atomic mass is 35.5. The van der Waals surface area contributed by atoms with Crippen LogP contribution in [-0.4, -0.2) is 19.2 Å². The summed E-state index contributed by atoms with van der Waals surface area (Å²) in [6.07, 6.45) is 4.01. The fraction of sp³-hybridized carbons (Fsp3) is 0.188. The Morgan fingerprint density at radius 3 is 2.95 bits per heavy atom. The number of ether oxygens (including phenoxy) is 2. The van der Waals surface area contributed by atoms with E-state index in [0.717, 1.165) is 28.4 Å². The molecule has 1 aliphatic heterocycles. The maximum atomic E-state index is 11.7. The smallest absolute Gasteiger partial charge is 0.244 e. The molecule has 1 amide bonds. The molecule has 0 unspecified atom stereocenters. The van der Waals surface area contributed by atoms with Gasteiger partial charge in [-0.25, -0.2) is 0 Å². The molecule has 2 heterocycles. The second-order valence-electron chi connectivity index (χ2n) is 4.70. The molecule has 6 heteroatoms. The third-order valence-electron chi connectivity index (χ3n) is 3.14. The molecule has 4 nitrogen and oxygen atoms in total. The van der Waals surface area contributed by atoms with Gasteiger partial charge in [0.15, 0.2) is 11.5 Å². The summed E-state index contributed by atoms with van der Waals surface area (Å²) in [5, 5.41) is 2.85. The molecule has 3 rings (SSSR count). The second-order valence-corrected chi connectivity index (χ2v) is 6.45. The van der Waals surface area contributed by atoms with Gasteiger partial charge in [-0.15, -0.1) is 11.3 Å². The predicted octanol–water partition coefficient (Wildman–Crippen LogP) is 3.50. The molecule has 0 saturated heterocycles. The number of halogens is 1. The number of fused-ring (bicyclic) bond motifs is 1. The fourth-order valence-electron chi connectivity index (χ4n) is 2.06. The van der Waals surface area contributed by atoms with Crippen molar-refractivity contribution in [2.75, 3.05) is 13.3 Å². The van der Waals surface area contributed by atoms with Crippen LogP contribution in [0.2, 0.25) is 4.34 Å². The summed E-state index contributed by atoms with van der Waals surface area (Å²) in [6, 6.07) is 9.49. The minimum atomic E-state index is -0.120. The van der Waals surface area contributed by atoms with Crippen LogP contribution in [0.15, 0.2) is 36.4 Å². The summed E-state index contributed by atoms with van der Waals surface area (Å²) in [5.41, 5.74) is 1.10. The zero-order chi connectivity index (χ0) is 15.4. The lowest BCUT2D eigenvalue weighted by molar-refractivity contribution is -0.116. The van der Waals surface area contributed by atoms with Gasteiger partial charge in [0.05, 0.1) is 4.34 Å². The van der Waals surface area contributed by atoms with E-state index in [9.17, 15) is 4.79 Å². The summed E-state index contributed by atoms with van der Waals surface area (Å²) in [6.45, 7) is 0.834. The number of carbonyl (C=O) groups excluding carboxylic acids is 1. The van der Waals surface area contributed by atoms with Gasteiger partial charge in [-0.1, -0.05) is 17.7 Å². The highest BCUT2D eigenvalue weighted by Crippen LogP contribution is 2.32. The topological polar surface area (TPSA) is 47.6 Å². The number of nitrogens with one attached hydrogen (secondary N) is 1. The van der Waals surface area contributed by atoms with E-state index in [1.54, 1.807) is 6.08 Å². The van der Waals surface area contributed by atoms with E-state index in [0.29, 0.717) is 10.9 Å². The molecule has 0 bridgehead atoms. The van der Waals surface area contributed by atoms with Crippen LogP contribution in [0.3, 0.4) is 0 Å². The van der Waals surface area contributed by atoms with E-state index in [2.05, 4.69) is 5.32 Å². The number of amides is 1. The minimum Gasteiger partial charge on any atom is -0.454 e. The number of benzene rings is 1. The normalized spacial score (nSPS) is 12.8. The van der Waals surface area contributed by atoms with E-state index < -0.39 is 0 Å². The fourth-order valence-corrected chi connectivity index (χ4v) is 3.02. The predicted molar refractivity (Wildman–Crippen MR) is 87.6 cm³/mol. The molecule has 1 aromatic carbocycles. The minimum absolute atomic E-state index is 0.120. The van der Waals surface area contributed by atoms with Crippen LogP contribution in [0.25, 0.3) is 6.08 Å². The van der Waals surface area contributed by atoms with Crippen LogP contribution in [0, 0.1) is 0 Å². The Morgan fingerprint density at radius 1 is 1.27 bits per heavy atom. The Morgan fingerprint density at radius 2 is 2.14 bits per heavy atom. The monoisotopic (exact) mass is 335 g/mol. The number of carbonyl (C=O) groups is 1. The van der Waals surface area contributed by atoms with Crippen LogP contribution < -0.4 is 14.8 Å². The van der Waals surface area contributed by atoms with Crippen LogP contribution in [0.5, 0.6) is 11.5 Å². The first-order chi connectivity index (χ1) is 10.7. The number of hydrogen-bond acceptors (Lipinski definition) is 4. The lowest BCUT2D eigenvalue weighted by Gasteiger charge is -2.04. The van der Waals surface area contributed by atoms with Crippen molar-refractivity contribution in [3.8, 4) is 11.5 Å². The van der Waals surface area contributed by atoms with E-state index in [-0.39, 0.29) is 12.7 Å². The maximum Gasteiger partial charge on any atom is 0.244 e. The molecule has 1 N–H and O–H groups in total. The Labute approximate surface area is 137 Å². The number of hydrogen-bond donors (Lipinski definition) is 1. The standard InChI is InChI=1S/C16H14ClNO3S/c17-15-5-2-12(22-15)3-6-16(19)18-8-7-11-1-4-13-14(9-11)21-10-20-13/h1-6,9H,7-8,10H2,(H,18,19)/b6-3+. The average molecular weight is 336 g/mol. The Bertz CT molecular complexity index is 711. The van der Waals surface area contributed by atoms with Crippen LogP contribution in [0.4, 0.5) is 0 Å². The Balaban J connectivity index is 1.46. The molecule has 0 radical (unpaired) electrons. The van der Waals surface area contributed by atoms with Gasteiger partial charge < -0.3 is 14.8 Å². The van der Waals surface area contributed by atoms with E-state index in [1.165, 1.54) is 17.4 Å². The Kier molecular flexibility index (Phi) is 4.65. The third-order valence-corrected chi connectivity index (χ3v) is 4.34. The van der Waals surface area contributed by atoms with Crippen molar-refractivity contribution in [2.24, 2.45) is 0 Å². The van der Waals surface area contributed by atoms with E-state index >= 15 is 0 Å². The molecule has 0 saturated carbocycles. The molecule has 2 aromatic rings. The van der Waals surface area contributed by atoms with Crippen LogP contribution in [0.1, 0.15) is 10.4 Å². The van der Waals surface area contributed by atoms with Crippen molar-refractivity contribution in [3.05, 3.63) is 51.2 Å². The molecular formula is C16H14ClNO3S. The molecule has 22 heavy (non-hydrogen) atoms. The molecule has 114 valence electrons. The molecule has 0 fully saturated rings. The average Bonchev–Trinajstić information content (AvgIpc) is 3.13. The van der Waals surface area contributed by atoms with Gasteiger partial charge in [0.1, 0.15) is 0 Å².